The molecule has 5 rings (SSSR count). The lowest BCUT2D eigenvalue weighted by Crippen LogP contribution is -2.26. The first kappa shape index (κ1) is 21.0. The lowest BCUT2D eigenvalue weighted by Gasteiger charge is -2.12. The Morgan fingerprint density at radius 3 is 2.45 bits per heavy atom. The van der Waals surface area contributed by atoms with Crippen LogP contribution >= 0.6 is 0 Å². The third kappa shape index (κ3) is 4.80. The Hall–Kier alpha value is -3.92. The Labute approximate surface area is 193 Å². The van der Waals surface area contributed by atoms with E-state index in [0.29, 0.717) is 19.4 Å². The van der Waals surface area contributed by atoms with Crippen molar-refractivity contribution in [1.29, 1.82) is 0 Å². The molecule has 0 bridgehead atoms. The number of aryl methyl sites for hydroxylation is 1. The largest absolute Gasteiger partial charge is 0.356 e. The molecule has 1 aromatic heterocycles. The van der Waals surface area contributed by atoms with E-state index in [2.05, 4.69) is 82.7 Å². The normalized spacial score (nSPS) is 11.2. The van der Waals surface area contributed by atoms with E-state index in [-0.39, 0.29) is 5.91 Å². The zero-order valence-corrected chi connectivity index (χ0v) is 18.6. The SMILES string of the molecule is O=C(CCc1ccccc1)NCCc1nc2ccccc2n1Cc1cccc2ccccc12. The van der Waals surface area contributed by atoms with Gasteiger partial charge in [0.15, 0.2) is 0 Å². The second-order valence-corrected chi connectivity index (χ2v) is 8.33. The number of nitrogens with zero attached hydrogens (tertiary/aromatic N) is 2. The highest BCUT2D eigenvalue weighted by Gasteiger charge is 2.13. The number of hydrogen-bond donors (Lipinski definition) is 1. The van der Waals surface area contributed by atoms with Gasteiger partial charge in [0.05, 0.1) is 11.0 Å². The van der Waals surface area contributed by atoms with Crippen LogP contribution in [0.5, 0.6) is 0 Å². The minimum atomic E-state index is 0.0792. The summed E-state index contributed by atoms with van der Waals surface area (Å²) in [7, 11) is 0. The van der Waals surface area contributed by atoms with E-state index in [1.807, 2.05) is 24.3 Å². The van der Waals surface area contributed by atoms with E-state index in [9.17, 15) is 4.79 Å². The van der Waals surface area contributed by atoms with Crippen LogP contribution in [-0.4, -0.2) is 22.0 Å². The van der Waals surface area contributed by atoms with Gasteiger partial charge in [-0.1, -0.05) is 84.9 Å². The molecule has 4 aromatic carbocycles. The molecular weight excluding hydrogens is 406 g/mol. The molecule has 0 aliphatic heterocycles. The van der Waals surface area contributed by atoms with Gasteiger partial charge in [-0.05, 0) is 40.5 Å². The van der Waals surface area contributed by atoms with Crippen LogP contribution in [0.25, 0.3) is 21.8 Å². The van der Waals surface area contributed by atoms with Crippen molar-refractivity contribution < 1.29 is 4.79 Å². The standard InChI is InChI=1S/C29H27N3O/c33-29(18-17-22-9-2-1-3-10-22)30-20-19-28-31-26-15-6-7-16-27(26)32(28)21-24-13-8-12-23-11-4-5-14-25(23)24/h1-16H,17-21H2,(H,30,33). The summed E-state index contributed by atoms with van der Waals surface area (Å²) < 4.78 is 2.28. The molecule has 1 heterocycles. The van der Waals surface area contributed by atoms with Crippen molar-refractivity contribution in [2.75, 3.05) is 6.54 Å². The summed E-state index contributed by atoms with van der Waals surface area (Å²) in [6.07, 6.45) is 1.94. The van der Waals surface area contributed by atoms with Gasteiger partial charge in [0.1, 0.15) is 5.82 Å². The number of amides is 1. The summed E-state index contributed by atoms with van der Waals surface area (Å²) in [6.45, 7) is 1.33. The van der Waals surface area contributed by atoms with Crippen LogP contribution in [0.3, 0.4) is 0 Å². The van der Waals surface area contributed by atoms with Gasteiger partial charge in [-0.3, -0.25) is 4.79 Å². The van der Waals surface area contributed by atoms with Gasteiger partial charge in [0.25, 0.3) is 0 Å². The fourth-order valence-electron chi connectivity index (χ4n) is 4.40. The van der Waals surface area contributed by atoms with Gasteiger partial charge < -0.3 is 9.88 Å². The summed E-state index contributed by atoms with van der Waals surface area (Å²) in [6, 6.07) is 33.3. The summed E-state index contributed by atoms with van der Waals surface area (Å²) in [5.74, 6) is 1.07. The number of hydrogen-bond acceptors (Lipinski definition) is 2. The number of nitrogens with one attached hydrogen (secondary N) is 1. The van der Waals surface area contributed by atoms with Crippen LogP contribution in [0.2, 0.25) is 0 Å². The van der Waals surface area contributed by atoms with E-state index in [4.69, 9.17) is 4.98 Å². The topological polar surface area (TPSA) is 46.9 Å². The lowest BCUT2D eigenvalue weighted by atomic mass is 10.0. The highest BCUT2D eigenvalue weighted by Crippen LogP contribution is 2.23. The fraction of sp³-hybridized carbons (Fsp3) is 0.172. The third-order valence-electron chi connectivity index (χ3n) is 6.10. The van der Waals surface area contributed by atoms with Crippen molar-refractivity contribution in [1.82, 2.24) is 14.9 Å². The molecular formula is C29H27N3O. The Balaban J connectivity index is 1.31. The van der Waals surface area contributed by atoms with E-state index in [1.54, 1.807) is 0 Å². The zero-order valence-electron chi connectivity index (χ0n) is 18.6. The zero-order chi connectivity index (χ0) is 22.5. The number of carbonyl (C=O) groups excluding carboxylic acids is 1. The van der Waals surface area contributed by atoms with Gasteiger partial charge in [-0.2, -0.15) is 0 Å². The van der Waals surface area contributed by atoms with Crippen LogP contribution in [0.15, 0.2) is 97.1 Å². The molecule has 0 fully saturated rings. The monoisotopic (exact) mass is 433 g/mol. The van der Waals surface area contributed by atoms with E-state index in [0.717, 1.165) is 29.8 Å². The summed E-state index contributed by atoms with van der Waals surface area (Å²) >= 11 is 0. The molecule has 4 nitrogen and oxygen atoms in total. The highest BCUT2D eigenvalue weighted by molar-refractivity contribution is 5.86. The van der Waals surface area contributed by atoms with Gasteiger partial charge in [-0.25, -0.2) is 4.98 Å². The second kappa shape index (κ2) is 9.70. The van der Waals surface area contributed by atoms with Crippen molar-refractivity contribution in [3.05, 3.63) is 114 Å². The maximum Gasteiger partial charge on any atom is 0.220 e. The molecule has 0 aliphatic rings. The predicted octanol–water partition coefficient (Wildman–Crippen LogP) is 5.53. The van der Waals surface area contributed by atoms with E-state index >= 15 is 0 Å². The number of imidazole rings is 1. The molecule has 4 heteroatoms. The number of carbonyl (C=O) groups is 1. The molecule has 1 N–H and O–H groups in total. The quantitative estimate of drug-likeness (QED) is 0.350. The Morgan fingerprint density at radius 1 is 0.788 bits per heavy atom. The average molecular weight is 434 g/mol. The number of aromatic nitrogens is 2. The number of fused-ring (bicyclic) bond motifs is 2. The summed E-state index contributed by atoms with van der Waals surface area (Å²) in [5, 5.41) is 5.58. The maximum absolute atomic E-state index is 12.4. The minimum Gasteiger partial charge on any atom is -0.356 e. The highest BCUT2D eigenvalue weighted by atomic mass is 16.1. The first-order chi connectivity index (χ1) is 16.3. The van der Waals surface area contributed by atoms with Crippen LogP contribution in [0, 0.1) is 0 Å². The number of para-hydroxylation sites is 2. The van der Waals surface area contributed by atoms with Crippen LogP contribution in [-0.2, 0) is 24.2 Å². The Bertz CT molecular complexity index is 1380. The van der Waals surface area contributed by atoms with E-state index < -0.39 is 0 Å². The predicted molar refractivity (Wildman–Crippen MR) is 134 cm³/mol. The molecule has 0 radical (unpaired) electrons. The van der Waals surface area contributed by atoms with Crippen LogP contribution in [0.1, 0.15) is 23.4 Å². The molecule has 0 atom stereocenters. The first-order valence-electron chi connectivity index (χ1n) is 11.5. The molecule has 164 valence electrons. The average Bonchev–Trinajstić information content (AvgIpc) is 3.21. The maximum atomic E-state index is 12.4. The Morgan fingerprint density at radius 2 is 1.55 bits per heavy atom. The molecule has 0 saturated heterocycles. The smallest absolute Gasteiger partial charge is 0.220 e. The number of rotatable bonds is 8. The molecule has 0 unspecified atom stereocenters. The second-order valence-electron chi connectivity index (χ2n) is 8.33. The van der Waals surface area contributed by atoms with Crippen molar-refractivity contribution in [3.8, 4) is 0 Å². The molecule has 0 spiro atoms. The lowest BCUT2D eigenvalue weighted by molar-refractivity contribution is -0.121. The van der Waals surface area contributed by atoms with Gasteiger partial charge >= 0.3 is 0 Å². The van der Waals surface area contributed by atoms with Crippen molar-refractivity contribution in [3.63, 3.8) is 0 Å². The number of benzene rings is 4. The Kier molecular flexibility index (Phi) is 6.16. The molecule has 0 saturated carbocycles. The van der Waals surface area contributed by atoms with Crippen molar-refractivity contribution >= 4 is 27.7 Å². The minimum absolute atomic E-state index is 0.0792. The van der Waals surface area contributed by atoms with Gasteiger partial charge in [0.2, 0.25) is 5.91 Å². The third-order valence-corrected chi connectivity index (χ3v) is 6.10. The van der Waals surface area contributed by atoms with Gasteiger partial charge in [-0.15, -0.1) is 0 Å². The fourth-order valence-corrected chi connectivity index (χ4v) is 4.40. The molecule has 0 aliphatic carbocycles. The summed E-state index contributed by atoms with van der Waals surface area (Å²) in [4.78, 5) is 17.3. The first-order valence-corrected chi connectivity index (χ1v) is 11.5. The van der Waals surface area contributed by atoms with Gasteiger partial charge in [0, 0.05) is 25.9 Å². The molecule has 5 aromatic rings. The molecule has 1 amide bonds. The van der Waals surface area contributed by atoms with Crippen LogP contribution in [0.4, 0.5) is 0 Å². The van der Waals surface area contributed by atoms with Crippen molar-refractivity contribution in [2.45, 2.75) is 25.8 Å². The van der Waals surface area contributed by atoms with Crippen molar-refractivity contribution in [2.24, 2.45) is 0 Å². The van der Waals surface area contributed by atoms with E-state index in [1.165, 1.54) is 21.9 Å². The summed E-state index contributed by atoms with van der Waals surface area (Å²) in [5.41, 5.74) is 4.56. The van der Waals surface area contributed by atoms with Crippen LogP contribution < -0.4 is 5.32 Å². The molecule has 33 heavy (non-hydrogen) atoms.